The van der Waals surface area contributed by atoms with Gasteiger partial charge in [0.05, 0.1) is 6.10 Å². The van der Waals surface area contributed by atoms with E-state index in [1.54, 1.807) is 0 Å². The molecule has 0 aliphatic heterocycles. The molecule has 0 radical (unpaired) electrons. The molecule has 1 heterocycles. The number of carbonyl (C=O) groups excluding carboxylic acids is 1. The first-order valence-corrected chi connectivity index (χ1v) is 8.44. The highest BCUT2D eigenvalue weighted by Gasteiger charge is 2.31. The van der Waals surface area contributed by atoms with E-state index < -0.39 is 17.1 Å². The Balaban J connectivity index is 1.81. The third-order valence-corrected chi connectivity index (χ3v) is 4.62. The van der Waals surface area contributed by atoms with Gasteiger partial charge in [-0.2, -0.15) is 0 Å². The van der Waals surface area contributed by atoms with E-state index in [1.165, 1.54) is 6.42 Å². The van der Waals surface area contributed by atoms with Crippen LogP contribution in [0.25, 0.3) is 0 Å². The SMILES string of the molecule is CC1CCC(C(C)C)C(OCC(=O)OCc2cc(=O)c(O)co2)C1. The predicted molar refractivity (Wildman–Crippen MR) is 87.5 cm³/mol. The molecule has 6 heteroatoms. The lowest BCUT2D eigenvalue weighted by molar-refractivity contribution is -0.156. The average molecular weight is 338 g/mol. The topological polar surface area (TPSA) is 86.0 Å². The van der Waals surface area contributed by atoms with Gasteiger partial charge < -0.3 is 19.0 Å². The summed E-state index contributed by atoms with van der Waals surface area (Å²) >= 11 is 0. The third kappa shape index (κ3) is 5.09. The van der Waals surface area contributed by atoms with Crippen molar-refractivity contribution in [3.8, 4) is 5.75 Å². The molecule has 0 amide bonds. The van der Waals surface area contributed by atoms with Gasteiger partial charge >= 0.3 is 5.97 Å². The molecule has 1 aliphatic rings. The maximum atomic E-state index is 11.9. The summed E-state index contributed by atoms with van der Waals surface area (Å²) in [4.78, 5) is 23.1. The van der Waals surface area contributed by atoms with E-state index in [-0.39, 0.29) is 25.1 Å². The second-order valence-electron chi connectivity index (χ2n) is 6.93. The molecule has 0 bridgehead atoms. The zero-order valence-corrected chi connectivity index (χ0v) is 14.5. The van der Waals surface area contributed by atoms with Crippen LogP contribution in [0.1, 0.15) is 45.8 Å². The van der Waals surface area contributed by atoms with Gasteiger partial charge in [0.15, 0.2) is 5.75 Å². The van der Waals surface area contributed by atoms with Crippen LogP contribution >= 0.6 is 0 Å². The van der Waals surface area contributed by atoms with Crippen LogP contribution in [0.15, 0.2) is 21.5 Å². The fourth-order valence-corrected chi connectivity index (χ4v) is 3.19. The van der Waals surface area contributed by atoms with E-state index in [9.17, 15) is 9.59 Å². The Hall–Kier alpha value is -1.82. The summed E-state index contributed by atoms with van der Waals surface area (Å²) < 4.78 is 15.9. The Labute approximate surface area is 141 Å². The van der Waals surface area contributed by atoms with Gasteiger partial charge in [0.2, 0.25) is 5.43 Å². The van der Waals surface area contributed by atoms with Crippen molar-refractivity contribution in [3.05, 3.63) is 28.3 Å². The molecule has 3 unspecified atom stereocenters. The van der Waals surface area contributed by atoms with Crippen LogP contribution in [-0.2, 0) is 20.9 Å². The predicted octanol–water partition coefficient (Wildman–Crippen LogP) is 2.87. The average Bonchev–Trinajstić information content (AvgIpc) is 2.53. The summed E-state index contributed by atoms with van der Waals surface area (Å²) in [6.07, 6.45) is 4.29. The van der Waals surface area contributed by atoms with Gasteiger partial charge in [0, 0.05) is 6.07 Å². The lowest BCUT2D eigenvalue weighted by Crippen LogP contribution is -2.35. The molecule has 3 atom stereocenters. The number of ether oxygens (including phenoxy) is 2. The number of esters is 1. The van der Waals surface area contributed by atoms with Crippen molar-refractivity contribution in [1.82, 2.24) is 0 Å². The van der Waals surface area contributed by atoms with Crippen molar-refractivity contribution < 1.29 is 23.8 Å². The molecular formula is C18H26O6. The second kappa shape index (κ2) is 8.33. The number of hydrogen-bond acceptors (Lipinski definition) is 6. The molecule has 1 fully saturated rings. The number of carbonyl (C=O) groups is 1. The molecule has 1 saturated carbocycles. The van der Waals surface area contributed by atoms with E-state index in [0.29, 0.717) is 17.8 Å². The highest BCUT2D eigenvalue weighted by Crippen LogP contribution is 2.35. The normalized spacial score (nSPS) is 24.1. The number of rotatable bonds is 6. The van der Waals surface area contributed by atoms with Gasteiger partial charge in [-0.15, -0.1) is 0 Å². The van der Waals surface area contributed by atoms with Crippen molar-refractivity contribution in [3.63, 3.8) is 0 Å². The third-order valence-electron chi connectivity index (χ3n) is 4.62. The zero-order valence-electron chi connectivity index (χ0n) is 14.5. The molecule has 1 aromatic rings. The van der Waals surface area contributed by atoms with Gasteiger partial charge in [-0.3, -0.25) is 4.79 Å². The number of hydrogen-bond donors (Lipinski definition) is 1. The maximum Gasteiger partial charge on any atom is 0.332 e. The second-order valence-corrected chi connectivity index (χ2v) is 6.93. The molecule has 0 saturated heterocycles. The lowest BCUT2D eigenvalue weighted by atomic mass is 9.75. The largest absolute Gasteiger partial charge is 0.502 e. The summed E-state index contributed by atoms with van der Waals surface area (Å²) in [6.45, 7) is 6.30. The summed E-state index contributed by atoms with van der Waals surface area (Å²) in [5.41, 5.74) is -0.570. The standard InChI is InChI=1S/C18H26O6/c1-11(2)14-5-4-12(3)6-17(14)23-10-18(21)24-8-13-7-15(19)16(20)9-22-13/h7,9,11-12,14,17,20H,4-6,8,10H2,1-3H3. The van der Waals surface area contributed by atoms with Crippen LogP contribution in [-0.4, -0.2) is 23.8 Å². The summed E-state index contributed by atoms with van der Waals surface area (Å²) in [6, 6.07) is 1.10. The number of aromatic hydroxyl groups is 1. The first kappa shape index (κ1) is 18.5. The van der Waals surface area contributed by atoms with E-state index in [0.717, 1.165) is 25.2 Å². The van der Waals surface area contributed by atoms with E-state index >= 15 is 0 Å². The van der Waals surface area contributed by atoms with Crippen molar-refractivity contribution >= 4 is 5.97 Å². The minimum Gasteiger partial charge on any atom is -0.502 e. The van der Waals surface area contributed by atoms with Crippen molar-refractivity contribution in [2.24, 2.45) is 17.8 Å². The molecule has 2 rings (SSSR count). The van der Waals surface area contributed by atoms with Crippen LogP contribution < -0.4 is 5.43 Å². The molecule has 1 aromatic heterocycles. The van der Waals surface area contributed by atoms with Gasteiger partial charge in [-0.05, 0) is 30.6 Å². The van der Waals surface area contributed by atoms with E-state index in [1.807, 2.05) is 0 Å². The van der Waals surface area contributed by atoms with E-state index in [4.69, 9.17) is 19.0 Å². The Morgan fingerprint density at radius 3 is 2.83 bits per heavy atom. The zero-order chi connectivity index (χ0) is 17.7. The Morgan fingerprint density at radius 2 is 2.17 bits per heavy atom. The Morgan fingerprint density at radius 1 is 1.42 bits per heavy atom. The van der Waals surface area contributed by atoms with Gasteiger partial charge in [0.25, 0.3) is 0 Å². The quantitative estimate of drug-likeness (QED) is 0.803. The fourth-order valence-electron chi connectivity index (χ4n) is 3.19. The van der Waals surface area contributed by atoms with Crippen LogP contribution in [0.2, 0.25) is 0 Å². The molecule has 1 N–H and O–H groups in total. The minimum atomic E-state index is -0.570. The maximum absolute atomic E-state index is 11.9. The fraction of sp³-hybridized carbons (Fsp3) is 0.667. The van der Waals surface area contributed by atoms with Crippen LogP contribution in [0, 0.1) is 17.8 Å². The molecular weight excluding hydrogens is 312 g/mol. The molecule has 24 heavy (non-hydrogen) atoms. The smallest absolute Gasteiger partial charge is 0.332 e. The van der Waals surface area contributed by atoms with Crippen LogP contribution in [0.5, 0.6) is 5.75 Å². The Kier molecular flexibility index (Phi) is 6.43. The first-order chi connectivity index (χ1) is 11.4. The van der Waals surface area contributed by atoms with E-state index in [2.05, 4.69) is 20.8 Å². The van der Waals surface area contributed by atoms with Crippen LogP contribution in [0.4, 0.5) is 0 Å². The summed E-state index contributed by atoms with van der Waals surface area (Å²) in [5.74, 6) is 0.796. The van der Waals surface area contributed by atoms with Gasteiger partial charge in [0.1, 0.15) is 25.2 Å². The molecule has 0 spiro atoms. The minimum absolute atomic E-state index is 0.0768. The van der Waals surface area contributed by atoms with Gasteiger partial charge in [-0.1, -0.05) is 27.2 Å². The Bertz CT molecular complexity index is 606. The lowest BCUT2D eigenvalue weighted by Gasteiger charge is -2.36. The van der Waals surface area contributed by atoms with Crippen molar-refractivity contribution in [1.29, 1.82) is 0 Å². The van der Waals surface area contributed by atoms with Gasteiger partial charge in [-0.25, -0.2) is 4.79 Å². The first-order valence-electron chi connectivity index (χ1n) is 8.44. The van der Waals surface area contributed by atoms with Crippen molar-refractivity contribution in [2.75, 3.05) is 6.61 Å². The summed E-state index contributed by atoms with van der Waals surface area (Å²) in [7, 11) is 0. The van der Waals surface area contributed by atoms with Crippen LogP contribution in [0.3, 0.4) is 0 Å². The molecule has 6 nitrogen and oxygen atoms in total. The monoisotopic (exact) mass is 338 g/mol. The summed E-state index contributed by atoms with van der Waals surface area (Å²) in [5, 5.41) is 9.11. The molecule has 1 aliphatic carbocycles. The molecule has 0 aromatic carbocycles. The molecule has 134 valence electrons. The highest BCUT2D eigenvalue weighted by molar-refractivity contribution is 5.70. The highest BCUT2D eigenvalue weighted by atomic mass is 16.6. The van der Waals surface area contributed by atoms with Crippen molar-refractivity contribution in [2.45, 2.75) is 52.7 Å².